The predicted octanol–water partition coefficient (Wildman–Crippen LogP) is 1.94. The Hall–Kier alpha value is -1.53. The summed E-state index contributed by atoms with van der Waals surface area (Å²) in [6, 6.07) is 3.72. The second kappa shape index (κ2) is 10.2. The van der Waals surface area contributed by atoms with Gasteiger partial charge < -0.3 is 24.8 Å². The number of hydrogen-bond donors (Lipinski definition) is 1. The van der Waals surface area contributed by atoms with E-state index >= 15 is 0 Å². The number of nitrogens with two attached hydrogens (primary N) is 1. The van der Waals surface area contributed by atoms with Crippen LogP contribution in [0.25, 0.3) is 0 Å². The van der Waals surface area contributed by atoms with Crippen LogP contribution in [-0.4, -0.2) is 51.1 Å². The van der Waals surface area contributed by atoms with Crippen LogP contribution in [0.15, 0.2) is 12.1 Å². The summed E-state index contributed by atoms with van der Waals surface area (Å²) >= 11 is 0. The van der Waals surface area contributed by atoms with Crippen LogP contribution in [0.1, 0.15) is 20.8 Å². The topological polar surface area (TPSA) is 69.8 Å². The van der Waals surface area contributed by atoms with E-state index in [2.05, 4.69) is 9.88 Å². The molecule has 0 spiro atoms. The molecule has 0 amide bonds. The van der Waals surface area contributed by atoms with Crippen molar-refractivity contribution >= 4 is 11.5 Å². The number of hydrogen-bond acceptors (Lipinski definition) is 6. The van der Waals surface area contributed by atoms with Gasteiger partial charge in [-0.2, -0.15) is 4.98 Å². The van der Waals surface area contributed by atoms with Gasteiger partial charge in [-0.3, -0.25) is 0 Å². The maximum atomic E-state index is 5.86. The Morgan fingerprint density at radius 3 is 2.14 bits per heavy atom. The lowest BCUT2D eigenvalue weighted by Crippen LogP contribution is -2.32. The quantitative estimate of drug-likeness (QED) is 0.630. The molecule has 0 saturated carbocycles. The van der Waals surface area contributed by atoms with E-state index in [-0.39, 0.29) is 0 Å². The number of rotatable bonds is 11. The molecule has 0 atom stereocenters. The van der Waals surface area contributed by atoms with Gasteiger partial charge in [0.15, 0.2) is 0 Å². The Morgan fingerprint density at radius 1 is 1.00 bits per heavy atom. The van der Waals surface area contributed by atoms with Crippen LogP contribution in [0.5, 0.6) is 5.88 Å². The van der Waals surface area contributed by atoms with E-state index in [1.54, 1.807) is 0 Å². The van der Waals surface area contributed by atoms with Crippen molar-refractivity contribution in [2.45, 2.75) is 20.8 Å². The first kappa shape index (κ1) is 17.5. The third-order valence-electron chi connectivity index (χ3n) is 2.90. The molecule has 2 N–H and O–H groups in total. The molecule has 0 saturated heterocycles. The molecule has 1 heterocycles. The maximum Gasteiger partial charge on any atom is 0.239 e. The fourth-order valence-corrected chi connectivity index (χ4v) is 1.85. The van der Waals surface area contributed by atoms with Crippen molar-refractivity contribution in [1.29, 1.82) is 0 Å². The molecular weight excluding hydrogens is 270 g/mol. The minimum Gasteiger partial charge on any atom is -0.476 e. The largest absolute Gasteiger partial charge is 0.476 e. The van der Waals surface area contributed by atoms with E-state index in [0.717, 1.165) is 18.9 Å². The van der Waals surface area contributed by atoms with Gasteiger partial charge in [-0.15, -0.1) is 0 Å². The molecule has 0 bridgehead atoms. The van der Waals surface area contributed by atoms with Crippen molar-refractivity contribution < 1.29 is 14.2 Å². The van der Waals surface area contributed by atoms with Crippen molar-refractivity contribution in [3.05, 3.63) is 12.1 Å². The highest BCUT2D eigenvalue weighted by atomic mass is 16.5. The number of ether oxygens (including phenoxy) is 3. The van der Waals surface area contributed by atoms with Crippen molar-refractivity contribution in [2.24, 2.45) is 0 Å². The Labute approximate surface area is 127 Å². The monoisotopic (exact) mass is 297 g/mol. The van der Waals surface area contributed by atoms with Gasteiger partial charge in [0.25, 0.3) is 0 Å². The summed E-state index contributed by atoms with van der Waals surface area (Å²) in [5.74, 6) is 1.31. The lowest BCUT2D eigenvalue weighted by molar-refractivity contribution is 0.141. The van der Waals surface area contributed by atoms with Crippen molar-refractivity contribution in [1.82, 2.24) is 4.98 Å². The highest BCUT2D eigenvalue weighted by Gasteiger charge is 2.11. The van der Waals surface area contributed by atoms with Crippen LogP contribution in [0.2, 0.25) is 0 Å². The summed E-state index contributed by atoms with van der Waals surface area (Å²) in [6.45, 7) is 10.6. The highest BCUT2D eigenvalue weighted by Crippen LogP contribution is 2.23. The number of pyridine rings is 1. The maximum absolute atomic E-state index is 5.86. The molecule has 0 aliphatic heterocycles. The summed E-state index contributed by atoms with van der Waals surface area (Å²) in [5, 5.41) is 0. The average Bonchev–Trinajstić information content (AvgIpc) is 2.49. The van der Waals surface area contributed by atoms with E-state index in [4.69, 9.17) is 19.9 Å². The zero-order valence-electron chi connectivity index (χ0n) is 13.3. The Bertz CT molecular complexity index is 392. The first-order valence-corrected chi connectivity index (χ1v) is 7.52. The second-order valence-corrected chi connectivity index (χ2v) is 4.38. The average molecular weight is 297 g/mol. The molecule has 0 aliphatic rings. The van der Waals surface area contributed by atoms with Gasteiger partial charge >= 0.3 is 0 Å². The molecule has 0 aliphatic carbocycles. The highest BCUT2D eigenvalue weighted by molar-refractivity contribution is 5.54. The van der Waals surface area contributed by atoms with Crippen molar-refractivity contribution in [2.75, 3.05) is 56.8 Å². The number of aromatic nitrogens is 1. The van der Waals surface area contributed by atoms with Crippen LogP contribution in [0.4, 0.5) is 11.5 Å². The Kier molecular flexibility index (Phi) is 8.54. The van der Waals surface area contributed by atoms with E-state index in [1.165, 1.54) is 0 Å². The predicted molar refractivity (Wildman–Crippen MR) is 85.0 cm³/mol. The van der Waals surface area contributed by atoms with E-state index in [0.29, 0.717) is 44.6 Å². The Morgan fingerprint density at radius 2 is 1.62 bits per heavy atom. The zero-order valence-corrected chi connectivity index (χ0v) is 13.3. The minimum absolute atomic E-state index is 0.479. The third-order valence-corrected chi connectivity index (χ3v) is 2.90. The van der Waals surface area contributed by atoms with E-state index in [9.17, 15) is 0 Å². The molecule has 0 fully saturated rings. The molecule has 1 aromatic heterocycles. The van der Waals surface area contributed by atoms with Gasteiger partial charge in [0.05, 0.1) is 25.5 Å². The number of nitrogen functional groups attached to an aromatic ring is 1. The lowest BCUT2D eigenvalue weighted by atomic mass is 10.3. The summed E-state index contributed by atoms with van der Waals surface area (Å²) in [5.41, 5.74) is 6.41. The molecule has 6 nitrogen and oxygen atoms in total. The molecule has 21 heavy (non-hydrogen) atoms. The molecule has 120 valence electrons. The second-order valence-electron chi connectivity index (χ2n) is 4.38. The van der Waals surface area contributed by atoms with Gasteiger partial charge in [-0.1, -0.05) is 0 Å². The normalized spacial score (nSPS) is 10.6. The summed E-state index contributed by atoms with van der Waals surface area (Å²) < 4.78 is 16.3. The standard InChI is InChI=1S/C15H27N3O3/c1-4-19-11-9-18(10-12-20-5-2)14-8-7-13(16)15(17-14)21-6-3/h7-8H,4-6,9-12,16H2,1-3H3. The number of anilines is 2. The van der Waals surface area contributed by atoms with Gasteiger partial charge in [0.1, 0.15) is 5.82 Å². The number of nitrogens with zero attached hydrogens (tertiary/aromatic N) is 2. The zero-order chi connectivity index (χ0) is 15.5. The molecule has 6 heteroatoms. The van der Waals surface area contributed by atoms with Crippen LogP contribution in [0, 0.1) is 0 Å². The van der Waals surface area contributed by atoms with Crippen LogP contribution < -0.4 is 15.4 Å². The van der Waals surface area contributed by atoms with Gasteiger partial charge in [-0.25, -0.2) is 0 Å². The van der Waals surface area contributed by atoms with Crippen molar-refractivity contribution in [3.8, 4) is 5.88 Å². The summed E-state index contributed by atoms with van der Waals surface area (Å²) in [6.07, 6.45) is 0. The van der Waals surface area contributed by atoms with E-state index < -0.39 is 0 Å². The van der Waals surface area contributed by atoms with Crippen LogP contribution in [0.3, 0.4) is 0 Å². The third kappa shape index (κ3) is 6.18. The smallest absolute Gasteiger partial charge is 0.239 e. The SMILES string of the molecule is CCOCCN(CCOCC)c1ccc(N)c(OCC)n1. The Balaban J connectivity index is 2.76. The fourth-order valence-electron chi connectivity index (χ4n) is 1.85. The molecule has 1 rings (SSSR count). The lowest BCUT2D eigenvalue weighted by Gasteiger charge is -2.24. The fraction of sp³-hybridized carbons (Fsp3) is 0.667. The summed E-state index contributed by atoms with van der Waals surface area (Å²) in [4.78, 5) is 6.61. The molecule has 0 aromatic carbocycles. The van der Waals surface area contributed by atoms with Gasteiger partial charge in [-0.05, 0) is 32.9 Å². The first-order chi connectivity index (χ1) is 10.2. The first-order valence-electron chi connectivity index (χ1n) is 7.52. The van der Waals surface area contributed by atoms with Gasteiger partial charge in [0.2, 0.25) is 5.88 Å². The molecule has 1 aromatic rings. The van der Waals surface area contributed by atoms with Crippen LogP contribution >= 0.6 is 0 Å². The summed E-state index contributed by atoms with van der Waals surface area (Å²) in [7, 11) is 0. The van der Waals surface area contributed by atoms with E-state index in [1.807, 2.05) is 32.9 Å². The molecular formula is C15H27N3O3. The van der Waals surface area contributed by atoms with Gasteiger partial charge in [0, 0.05) is 26.3 Å². The molecule has 0 radical (unpaired) electrons. The van der Waals surface area contributed by atoms with Crippen molar-refractivity contribution in [3.63, 3.8) is 0 Å². The molecule has 0 unspecified atom stereocenters. The van der Waals surface area contributed by atoms with Crippen LogP contribution in [-0.2, 0) is 9.47 Å². The minimum atomic E-state index is 0.479.